The van der Waals surface area contributed by atoms with Crippen LogP contribution in [-0.4, -0.2) is 30.5 Å². The van der Waals surface area contributed by atoms with Crippen LogP contribution in [0.3, 0.4) is 0 Å². The van der Waals surface area contributed by atoms with Gasteiger partial charge in [0.05, 0.1) is 25.0 Å². The topological polar surface area (TPSA) is 80.3 Å². The van der Waals surface area contributed by atoms with E-state index in [-0.39, 0.29) is 18.4 Å². The molecule has 0 bridgehead atoms. The van der Waals surface area contributed by atoms with Gasteiger partial charge in [0, 0.05) is 5.56 Å². The van der Waals surface area contributed by atoms with Crippen molar-refractivity contribution in [3.05, 3.63) is 64.2 Å². The fourth-order valence-corrected chi connectivity index (χ4v) is 3.96. The SMILES string of the molecule is CCc1ccc(-c2nc(C)c(C(=O)NCC(=O)Nc3cc(C)ccc3OC)s2)cc1. The molecule has 7 heteroatoms. The van der Waals surface area contributed by atoms with Gasteiger partial charge in [0.2, 0.25) is 5.91 Å². The lowest BCUT2D eigenvalue weighted by molar-refractivity contribution is -0.115. The summed E-state index contributed by atoms with van der Waals surface area (Å²) in [5, 5.41) is 6.23. The highest BCUT2D eigenvalue weighted by molar-refractivity contribution is 7.17. The Balaban J connectivity index is 1.64. The van der Waals surface area contributed by atoms with Crippen molar-refractivity contribution in [3.8, 4) is 16.3 Å². The highest BCUT2D eigenvalue weighted by Gasteiger charge is 2.17. The Bertz CT molecular complexity index is 1060. The second-order valence-electron chi connectivity index (χ2n) is 6.92. The van der Waals surface area contributed by atoms with E-state index < -0.39 is 0 Å². The first-order valence-electron chi connectivity index (χ1n) is 9.70. The van der Waals surface area contributed by atoms with Crippen molar-refractivity contribution < 1.29 is 14.3 Å². The van der Waals surface area contributed by atoms with Crippen LogP contribution < -0.4 is 15.4 Å². The molecule has 1 heterocycles. The van der Waals surface area contributed by atoms with Gasteiger partial charge in [-0.1, -0.05) is 37.3 Å². The van der Waals surface area contributed by atoms with Gasteiger partial charge in [-0.05, 0) is 43.5 Å². The third-order valence-corrected chi connectivity index (χ3v) is 5.86. The van der Waals surface area contributed by atoms with Gasteiger partial charge >= 0.3 is 0 Å². The van der Waals surface area contributed by atoms with Crippen LogP contribution in [0, 0.1) is 13.8 Å². The van der Waals surface area contributed by atoms with Crippen LogP contribution in [0.5, 0.6) is 5.75 Å². The third kappa shape index (κ3) is 5.04. The Hall–Kier alpha value is -3.19. The van der Waals surface area contributed by atoms with Gasteiger partial charge in [0.25, 0.3) is 5.91 Å². The summed E-state index contributed by atoms with van der Waals surface area (Å²) in [6, 6.07) is 13.7. The number of benzene rings is 2. The van der Waals surface area contributed by atoms with Gasteiger partial charge in [0.1, 0.15) is 15.6 Å². The molecule has 0 aliphatic heterocycles. The predicted octanol–water partition coefficient (Wildman–Crippen LogP) is 4.37. The number of thiazole rings is 1. The molecule has 2 amide bonds. The summed E-state index contributed by atoms with van der Waals surface area (Å²) >= 11 is 1.32. The molecule has 1 aromatic heterocycles. The maximum absolute atomic E-state index is 12.6. The zero-order valence-electron chi connectivity index (χ0n) is 17.5. The number of rotatable bonds is 7. The van der Waals surface area contributed by atoms with Crippen LogP contribution in [-0.2, 0) is 11.2 Å². The second-order valence-corrected chi connectivity index (χ2v) is 7.92. The summed E-state index contributed by atoms with van der Waals surface area (Å²) < 4.78 is 5.26. The Morgan fingerprint density at radius 3 is 2.50 bits per heavy atom. The molecular weight excluding hydrogens is 398 g/mol. The highest BCUT2D eigenvalue weighted by Crippen LogP contribution is 2.28. The predicted molar refractivity (Wildman–Crippen MR) is 120 cm³/mol. The molecule has 6 nitrogen and oxygen atoms in total. The van der Waals surface area contributed by atoms with Crippen LogP contribution in [0.15, 0.2) is 42.5 Å². The van der Waals surface area contributed by atoms with Gasteiger partial charge in [-0.2, -0.15) is 0 Å². The third-order valence-electron chi connectivity index (χ3n) is 4.65. The average molecular weight is 424 g/mol. The maximum atomic E-state index is 12.6. The van der Waals surface area contributed by atoms with Gasteiger partial charge in [0.15, 0.2) is 0 Å². The first-order valence-corrected chi connectivity index (χ1v) is 10.5. The number of nitrogens with one attached hydrogen (secondary N) is 2. The summed E-state index contributed by atoms with van der Waals surface area (Å²) in [5.74, 6) is -0.0742. The number of methoxy groups -OCH3 is 1. The number of amides is 2. The molecule has 2 aromatic carbocycles. The van der Waals surface area contributed by atoms with Crippen molar-refractivity contribution in [2.75, 3.05) is 19.0 Å². The summed E-state index contributed by atoms with van der Waals surface area (Å²) in [6.07, 6.45) is 0.974. The quantitative estimate of drug-likeness (QED) is 0.591. The lowest BCUT2D eigenvalue weighted by Gasteiger charge is -2.11. The number of carbonyl (C=O) groups is 2. The Labute approximate surface area is 180 Å². The zero-order chi connectivity index (χ0) is 21.7. The van der Waals surface area contributed by atoms with E-state index in [9.17, 15) is 9.59 Å². The van der Waals surface area contributed by atoms with Crippen LogP contribution in [0.25, 0.3) is 10.6 Å². The van der Waals surface area contributed by atoms with Crippen LogP contribution >= 0.6 is 11.3 Å². The molecule has 30 heavy (non-hydrogen) atoms. The molecule has 3 rings (SSSR count). The summed E-state index contributed by atoms with van der Waals surface area (Å²) in [6.45, 7) is 5.69. The van der Waals surface area contributed by atoms with Crippen molar-refractivity contribution >= 4 is 28.8 Å². The Kier molecular flexibility index (Phi) is 6.84. The molecule has 3 aromatic rings. The fourth-order valence-electron chi connectivity index (χ4n) is 2.97. The summed E-state index contributed by atoms with van der Waals surface area (Å²) in [7, 11) is 1.54. The van der Waals surface area contributed by atoms with Gasteiger partial charge < -0.3 is 15.4 Å². The molecule has 0 unspecified atom stereocenters. The monoisotopic (exact) mass is 423 g/mol. The number of hydrogen-bond donors (Lipinski definition) is 2. The first-order chi connectivity index (χ1) is 14.4. The number of aryl methyl sites for hydroxylation is 3. The Morgan fingerprint density at radius 2 is 1.83 bits per heavy atom. The smallest absolute Gasteiger partial charge is 0.263 e. The zero-order valence-corrected chi connectivity index (χ0v) is 18.4. The normalized spacial score (nSPS) is 10.5. The van der Waals surface area contributed by atoms with E-state index in [4.69, 9.17) is 4.74 Å². The minimum atomic E-state index is -0.329. The van der Waals surface area contributed by atoms with Crippen molar-refractivity contribution in [1.82, 2.24) is 10.3 Å². The van der Waals surface area contributed by atoms with Crippen LogP contribution in [0.4, 0.5) is 5.69 Å². The van der Waals surface area contributed by atoms with Gasteiger partial charge in [-0.25, -0.2) is 4.98 Å². The molecule has 0 saturated carbocycles. The molecule has 0 radical (unpaired) electrons. The number of ether oxygens (including phenoxy) is 1. The molecule has 0 atom stereocenters. The second kappa shape index (κ2) is 9.54. The van der Waals surface area contributed by atoms with Crippen LogP contribution in [0.1, 0.15) is 33.4 Å². The minimum Gasteiger partial charge on any atom is -0.495 e. The molecule has 156 valence electrons. The van der Waals surface area contributed by atoms with E-state index >= 15 is 0 Å². The highest BCUT2D eigenvalue weighted by atomic mass is 32.1. The summed E-state index contributed by atoms with van der Waals surface area (Å²) in [4.78, 5) is 29.9. The van der Waals surface area contributed by atoms with E-state index in [0.717, 1.165) is 22.6 Å². The number of nitrogens with zero attached hydrogens (tertiary/aromatic N) is 1. The number of carbonyl (C=O) groups excluding carboxylic acids is 2. The van der Waals surface area contributed by atoms with E-state index in [1.165, 1.54) is 16.9 Å². The lowest BCUT2D eigenvalue weighted by atomic mass is 10.1. The van der Waals surface area contributed by atoms with Crippen molar-refractivity contribution in [1.29, 1.82) is 0 Å². The fraction of sp³-hybridized carbons (Fsp3) is 0.261. The molecule has 0 fully saturated rings. The average Bonchev–Trinajstić information content (AvgIpc) is 3.14. The van der Waals surface area contributed by atoms with E-state index in [2.05, 4.69) is 34.7 Å². The van der Waals surface area contributed by atoms with Crippen LogP contribution in [0.2, 0.25) is 0 Å². The van der Waals surface area contributed by atoms with Crippen molar-refractivity contribution in [2.45, 2.75) is 27.2 Å². The number of hydrogen-bond acceptors (Lipinski definition) is 5. The van der Waals surface area contributed by atoms with E-state index in [0.29, 0.717) is 22.0 Å². The first kappa shape index (κ1) is 21.5. The molecule has 0 aliphatic rings. The number of anilines is 1. The summed E-state index contributed by atoms with van der Waals surface area (Å²) in [5.41, 5.74) is 4.44. The van der Waals surface area contributed by atoms with Crippen molar-refractivity contribution in [3.63, 3.8) is 0 Å². The standard InChI is InChI=1S/C23H25N3O3S/c1-5-16-7-9-17(10-8-16)23-25-15(3)21(30-23)22(28)24-13-20(27)26-18-12-14(2)6-11-19(18)29-4/h6-12H,5,13H2,1-4H3,(H,24,28)(H,26,27). The minimum absolute atomic E-state index is 0.145. The molecular formula is C23H25N3O3S. The molecule has 2 N–H and O–H groups in total. The van der Waals surface area contributed by atoms with Crippen molar-refractivity contribution in [2.24, 2.45) is 0 Å². The Morgan fingerprint density at radius 1 is 1.10 bits per heavy atom. The molecule has 0 spiro atoms. The maximum Gasteiger partial charge on any atom is 0.263 e. The van der Waals surface area contributed by atoms with E-state index in [1.54, 1.807) is 20.1 Å². The van der Waals surface area contributed by atoms with Gasteiger partial charge in [-0.3, -0.25) is 9.59 Å². The van der Waals surface area contributed by atoms with Gasteiger partial charge in [-0.15, -0.1) is 11.3 Å². The molecule has 0 aliphatic carbocycles. The largest absolute Gasteiger partial charge is 0.495 e. The number of aromatic nitrogens is 1. The van der Waals surface area contributed by atoms with E-state index in [1.807, 2.05) is 31.2 Å². The molecule has 0 saturated heterocycles. The lowest BCUT2D eigenvalue weighted by Crippen LogP contribution is -2.32.